The molecule has 9 heteroatoms. The van der Waals surface area contributed by atoms with E-state index >= 15 is 0 Å². The number of nitrogens with two attached hydrogens (primary N) is 1. The standard InChI is InChI=1S/C11H15BrN2O4S2/c1-2-19(16)4-3-14-11(15)8-5-9(12)7-10(6-8)20(13,17)18/h5-7H,2-4H2,1H3,(H,14,15)(H2,13,17,18). The monoisotopic (exact) mass is 382 g/mol. The molecule has 0 saturated carbocycles. The maximum atomic E-state index is 11.9. The first-order valence-corrected chi connectivity index (χ1v) is 9.53. The molecule has 0 heterocycles. The Labute approximate surface area is 128 Å². The topological polar surface area (TPSA) is 106 Å². The zero-order valence-electron chi connectivity index (χ0n) is 10.8. The summed E-state index contributed by atoms with van der Waals surface area (Å²) in [4.78, 5) is 11.7. The minimum atomic E-state index is -3.88. The van der Waals surface area contributed by atoms with Crippen molar-refractivity contribution in [2.45, 2.75) is 11.8 Å². The van der Waals surface area contributed by atoms with Crippen LogP contribution in [0.5, 0.6) is 0 Å². The lowest BCUT2D eigenvalue weighted by molar-refractivity contribution is 0.0956. The lowest BCUT2D eigenvalue weighted by Crippen LogP contribution is -2.28. The highest BCUT2D eigenvalue weighted by Crippen LogP contribution is 2.18. The van der Waals surface area contributed by atoms with Gasteiger partial charge in [-0.3, -0.25) is 9.00 Å². The van der Waals surface area contributed by atoms with Gasteiger partial charge in [0.2, 0.25) is 10.0 Å². The molecular formula is C11H15BrN2O4S2. The van der Waals surface area contributed by atoms with Crippen LogP contribution in [0.3, 0.4) is 0 Å². The van der Waals surface area contributed by atoms with Crippen molar-refractivity contribution in [2.75, 3.05) is 18.1 Å². The smallest absolute Gasteiger partial charge is 0.251 e. The van der Waals surface area contributed by atoms with E-state index in [4.69, 9.17) is 5.14 Å². The van der Waals surface area contributed by atoms with E-state index in [-0.39, 0.29) is 17.0 Å². The fraction of sp³-hybridized carbons (Fsp3) is 0.364. The second kappa shape index (κ2) is 7.30. The van der Waals surface area contributed by atoms with Crippen LogP contribution in [0.4, 0.5) is 0 Å². The molecule has 0 spiro atoms. The summed E-state index contributed by atoms with van der Waals surface area (Å²) in [5, 5.41) is 7.61. The molecule has 6 nitrogen and oxygen atoms in total. The summed E-state index contributed by atoms with van der Waals surface area (Å²) >= 11 is 3.13. The average Bonchev–Trinajstić information content (AvgIpc) is 2.36. The fourth-order valence-corrected chi connectivity index (χ4v) is 3.23. The first-order valence-electron chi connectivity index (χ1n) is 5.70. The number of sulfonamides is 1. The highest BCUT2D eigenvalue weighted by Gasteiger charge is 2.14. The fourth-order valence-electron chi connectivity index (χ4n) is 1.38. The molecule has 3 N–H and O–H groups in total. The van der Waals surface area contributed by atoms with Crippen LogP contribution in [0, 0.1) is 0 Å². The molecule has 1 aromatic rings. The number of hydrogen-bond acceptors (Lipinski definition) is 4. The zero-order chi connectivity index (χ0) is 15.3. The normalized spacial score (nSPS) is 12.9. The lowest BCUT2D eigenvalue weighted by Gasteiger charge is -2.07. The predicted octanol–water partition coefficient (Wildman–Crippen LogP) is 0.595. The second-order valence-corrected chi connectivity index (χ2v) is 8.25. The molecule has 0 radical (unpaired) electrons. The van der Waals surface area contributed by atoms with Gasteiger partial charge in [0.25, 0.3) is 5.91 Å². The number of hydrogen-bond donors (Lipinski definition) is 2. The largest absolute Gasteiger partial charge is 0.351 e. The number of primary sulfonamides is 1. The van der Waals surface area contributed by atoms with Crippen molar-refractivity contribution in [3.63, 3.8) is 0 Å². The molecule has 0 fully saturated rings. The molecule has 1 unspecified atom stereocenters. The summed E-state index contributed by atoms with van der Waals surface area (Å²) in [6, 6.07) is 4.01. The molecular weight excluding hydrogens is 368 g/mol. The van der Waals surface area contributed by atoms with Gasteiger partial charge < -0.3 is 5.32 Å². The van der Waals surface area contributed by atoms with Crippen molar-refractivity contribution in [3.05, 3.63) is 28.2 Å². The highest BCUT2D eigenvalue weighted by molar-refractivity contribution is 9.10. The number of amides is 1. The van der Waals surface area contributed by atoms with E-state index in [1.165, 1.54) is 18.2 Å². The first kappa shape index (κ1) is 17.3. The van der Waals surface area contributed by atoms with E-state index in [1.807, 2.05) is 0 Å². The average molecular weight is 383 g/mol. The molecule has 0 aliphatic carbocycles. The Morgan fingerprint density at radius 1 is 1.40 bits per heavy atom. The number of carbonyl (C=O) groups is 1. The van der Waals surface area contributed by atoms with Gasteiger partial charge in [0, 0.05) is 38.9 Å². The Morgan fingerprint density at radius 3 is 2.60 bits per heavy atom. The van der Waals surface area contributed by atoms with Gasteiger partial charge in [0.1, 0.15) is 0 Å². The van der Waals surface area contributed by atoms with Gasteiger partial charge in [-0.15, -0.1) is 0 Å². The van der Waals surface area contributed by atoms with Crippen molar-refractivity contribution in [1.82, 2.24) is 5.32 Å². The van der Waals surface area contributed by atoms with E-state index in [0.29, 0.717) is 16.0 Å². The van der Waals surface area contributed by atoms with E-state index in [0.717, 1.165) is 0 Å². The molecule has 1 amide bonds. The van der Waals surface area contributed by atoms with Crippen LogP contribution in [0.2, 0.25) is 0 Å². The third kappa shape index (κ3) is 5.31. The minimum Gasteiger partial charge on any atom is -0.351 e. The van der Waals surface area contributed by atoms with Crippen molar-refractivity contribution < 1.29 is 17.4 Å². The maximum Gasteiger partial charge on any atom is 0.251 e. The number of carbonyl (C=O) groups excluding carboxylic acids is 1. The predicted molar refractivity (Wildman–Crippen MR) is 81.4 cm³/mol. The first-order chi connectivity index (χ1) is 9.24. The number of nitrogens with one attached hydrogen (secondary N) is 1. The van der Waals surface area contributed by atoms with Crippen molar-refractivity contribution in [1.29, 1.82) is 0 Å². The summed E-state index contributed by atoms with van der Waals surface area (Å²) in [7, 11) is -4.84. The van der Waals surface area contributed by atoms with Crippen LogP contribution in [0.1, 0.15) is 17.3 Å². The Bertz CT molecular complexity index is 631. The number of halogens is 1. The van der Waals surface area contributed by atoms with Gasteiger partial charge in [-0.2, -0.15) is 0 Å². The zero-order valence-corrected chi connectivity index (χ0v) is 14.0. The number of benzene rings is 1. The molecule has 0 saturated heterocycles. The molecule has 1 atom stereocenters. The van der Waals surface area contributed by atoms with Gasteiger partial charge in [-0.25, -0.2) is 13.6 Å². The van der Waals surface area contributed by atoms with Crippen LogP contribution in [-0.2, 0) is 20.8 Å². The molecule has 112 valence electrons. The van der Waals surface area contributed by atoms with Gasteiger partial charge in [-0.05, 0) is 18.2 Å². The number of rotatable bonds is 6. The highest BCUT2D eigenvalue weighted by atomic mass is 79.9. The van der Waals surface area contributed by atoms with Crippen molar-refractivity contribution in [3.8, 4) is 0 Å². The van der Waals surface area contributed by atoms with Crippen molar-refractivity contribution in [2.24, 2.45) is 5.14 Å². The Kier molecular flexibility index (Phi) is 6.31. The lowest BCUT2D eigenvalue weighted by atomic mass is 10.2. The van der Waals surface area contributed by atoms with E-state index in [2.05, 4.69) is 21.2 Å². The Balaban J connectivity index is 2.83. The summed E-state index contributed by atoms with van der Waals surface area (Å²) in [5.41, 5.74) is 0.172. The van der Waals surface area contributed by atoms with Gasteiger partial charge in [0.05, 0.1) is 4.90 Å². The minimum absolute atomic E-state index is 0.144. The van der Waals surface area contributed by atoms with E-state index in [1.54, 1.807) is 6.92 Å². The molecule has 1 rings (SSSR count). The van der Waals surface area contributed by atoms with Gasteiger partial charge >= 0.3 is 0 Å². The summed E-state index contributed by atoms with van der Waals surface area (Å²) in [5.74, 6) is 0.449. The van der Waals surface area contributed by atoms with Gasteiger partial charge in [-0.1, -0.05) is 22.9 Å². The molecule has 0 aromatic heterocycles. The van der Waals surface area contributed by atoms with Crippen molar-refractivity contribution >= 4 is 42.7 Å². The second-order valence-electron chi connectivity index (χ2n) is 3.91. The Morgan fingerprint density at radius 2 is 2.05 bits per heavy atom. The van der Waals surface area contributed by atoms with Crippen LogP contribution >= 0.6 is 15.9 Å². The van der Waals surface area contributed by atoms with Crippen LogP contribution in [0.25, 0.3) is 0 Å². The molecule has 0 aliphatic heterocycles. The van der Waals surface area contributed by atoms with Crippen LogP contribution < -0.4 is 10.5 Å². The van der Waals surface area contributed by atoms with Crippen LogP contribution in [-0.4, -0.2) is 36.6 Å². The summed E-state index contributed by atoms with van der Waals surface area (Å²) in [6.07, 6.45) is 0. The third-order valence-electron chi connectivity index (χ3n) is 2.40. The quantitative estimate of drug-likeness (QED) is 0.750. The maximum absolute atomic E-state index is 11.9. The van der Waals surface area contributed by atoms with Crippen LogP contribution in [0.15, 0.2) is 27.6 Å². The SMILES string of the molecule is CCS(=O)CCNC(=O)c1cc(Br)cc(S(N)(=O)=O)c1. The summed E-state index contributed by atoms with van der Waals surface area (Å²) < 4.78 is 34.2. The molecule has 0 bridgehead atoms. The van der Waals surface area contributed by atoms with E-state index in [9.17, 15) is 17.4 Å². The Hall–Kier alpha value is -0.770. The summed E-state index contributed by atoms with van der Waals surface area (Å²) in [6.45, 7) is 2.06. The van der Waals surface area contributed by atoms with E-state index < -0.39 is 26.7 Å². The third-order valence-corrected chi connectivity index (χ3v) is 5.05. The molecule has 1 aromatic carbocycles. The van der Waals surface area contributed by atoms with Gasteiger partial charge in [0.15, 0.2) is 0 Å². The molecule has 0 aliphatic rings. The molecule has 20 heavy (non-hydrogen) atoms.